The van der Waals surface area contributed by atoms with Gasteiger partial charge in [-0.1, -0.05) is 24.3 Å². The maximum absolute atomic E-state index is 10.4. The highest BCUT2D eigenvalue weighted by Crippen LogP contribution is 2.04. The molecule has 0 aliphatic heterocycles. The molecule has 1 aromatic rings. The van der Waals surface area contributed by atoms with Gasteiger partial charge >= 0.3 is 5.97 Å². The van der Waals surface area contributed by atoms with Crippen molar-refractivity contribution in [3.63, 3.8) is 0 Å². The van der Waals surface area contributed by atoms with Crippen molar-refractivity contribution in [1.29, 1.82) is 0 Å². The molecule has 64 valence electrons. The maximum atomic E-state index is 10.4. The fourth-order valence-electron chi connectivity index (χ4n) is 0.979. The highest BCUT2D eigenvalue weighted by Gasteiger charge is 2.06. The van der Waals surface area contributed by atoms with Gasteiger partial charge in [-0.3, -0.25) is 0 Å². The summed E-state index contributed by atoms with van der Waals surface area (Å²) in [5.41, 5.74) is 7.30. The van der Waals surface area contributed by atoms with Crippen LogP contribution in [0.5, 0.6) is 0 Å². The lowest BCUT2D eigenvalue weighted by Crippen LogP contribution is -2.01. The first-order chi connectivity index (χ1) is 5.72. The van der Waals surface area contributed by atoms with Crippen LogP contribution in [-0.2, 0) is 17.8 Å². The summed E-state index contributed by atoms with van der Waals surface area (Å²) in [7, 11) is 0. The van der Waals surface area contributed by atoms with Gasteiger partial charge in [0.25, 0.3) is 0 Å². The molecule has 0 fully saturated rings. The van der Waals surface area contributed by atoms with Crippen LogP contribution in [0.25, 0.3) is 0 Å². The zero-order chi connectivity index (χ0) is 8.97. The molecule has 0 aliphatic rings. The Bertz CT molecular complexity index is 266. The van der Waals surface area contributed by atoms with Gasteiger partial charge in [0.15, 0.2) is 0 Å². The minimum Gasteiger partial charge on any atom is -0.564 e. The van der Waals surface area contributed by atoms with Crippen LogP contribution in [0.2, 0.25) is 0 Å². The van der Waals surface area contributed by atoms with Crippen molar-refractivity contribution in [2.75, 3.05) is 0 Å². The maximum Gasteiger partial charge on any atom is 0.520 e. The third-order valence-corrected chi connectivity index (χ3v) is 1.62. The molecule has 0 atom stereocenters. The van der Waals surface area contributed by atoms with E-state index in [1.165, 1.54) is 0 Å². The second-order valence-electron chi connectivity index (χ2n) is 2.62. The van der Waals surface area contributed by atoms with Crippen molar-refractivity contribution < 1.29 is 9.90 Å². The lowest BCUT2D eigenvalue weighted by atomic mass is 10.1. The first kappa shape index (κ1) is 8.74. The monoisotopic (exact) mass is 166 g/mol. The Kier molecular flexibility index (Phi) is 2.82. The van der Waals surface area contributed by atoms with Crippen molar-refractivity contribution in [2.24, 2.45) is 5.73 Å². The Morgan fingerprint density at radius 3 is 2.17 bits per heavy atom. The zero-order valence-corrected chi connectivity index (χ0v) is 6.71. The lowest BCUT2D eigenvalue weighted by Gasteiger charge is -1.96. The number of hydrogen-bond donors (Lipinski definition) is 1. The zero-order valence-electron chi connectivity index (χ0n) is 6.71. The molecular weight excluding hydrogens is 154 g/mol. The van der Waals surface area contributed by atoms with E-state index < -0.39 is 5.97 Å². The van der Waals surface area contributed by atoms with Gasteiger partial charge in [-0.15, -0.1) is 0 Å². The largest absolute Gasteiger partial charge is 0.564 e. The van der Waals surface area contributed by atoms with Gasteiger partial charge in [0.05, 0.1) is 0 Å². The van der Waals surface area contributed by atoms with Crippen LogP contribution in [0.4, 0.5) is 0 Å². The smallest absolute Gasteiger partial charge is 0.520 e. The summed E-state index contributed by atoms with van der Waals surface area (Å²) in [5, 5.41) is 6.75. The van der Waals surface area contributed by atoms with E-state index in [1.807, 2.05) is 24.3 Å². The summed E-state index contributed by atoms with van der Waals surface area (Å²) in [6.45, 7) is 0.509. The quantitative estimate of drug-likeness (QED) is 0.639. The van der Waals surface area contributed by atoms with E-state index in [-0.39, 0.29) is 6.42 Å². The topological polar surface area (TPSA) is 66.0 Å². The fraction of sp³-hybridized carbons (Fsp3) is 0.222. The van der Waals surface area contributed by atoms with E-state index >= 15 is 0 Å². The molecule has 0 bridgehead atoms. The molecule has 0 unspecified atom stereocenters. The van der Waals surface area contributed by atoms with E-state index in [0.717, 1.165) is 11.1 Å². The molecule has 4 N–H and O–H groups in total. The third-order valence-electron chi connectivity index (χ3n) is 1.62. The molecular formula is C9H12NO2+. The molecule has 0 amide bonds. The van der Waals surface area contributed by atoms with Crippen LogP contribution in [0.3, 0.4) is 0 Å². The third kappa shape index (κ3) is 2.36. The van der Waals surface area contributed by atoms with Gasteiger partial charge in [0.2, 0.25) is 0 Å². The summed E-state index contributed by atoms with van der Waals surface area (Å²) >= 11 is 0. The van der Waals surface area contributed by atoms with E-state index in [2.05, 4.69) is 0 Å². The molecule has 1 aromatic carbocycles. The van der Waals surface area contributed by atoms with Gasteiger partial charge in [-0.05, 0) is 11.1 Å². The van der Waals surface area contributed by atoms with Gasteiger partial charge in [-0.2, -0.15) is 0 Å². The molecule has 0 saturated heterocycles. The molecule has 0 spiro atoms. The summed E-state index contributed by atoms with van der Waals surface area (Å²) < 4.78 is 0. The SMILES string of the molecule is NCc1ccc(CC(=O)[OH2+])cc1. The van der Waals surface area contributed by atoms with E-state index in [0.29, 0.717) is 6.54 Å². The van der Waals surface area contributed by atoms with Crippen LogP contribution in [0, 0.1) is 0 Å². The molecule has 0 aliphatic carbocycles. The van der Waals surface area contributed by atoms with Crippen LogP contribution in [-0.4, -0.2) is 11.1 Å². The number of carbonyl (C=O) groups excluding carboxylic acids is 1. The van der Waals surface area contributed by atoms with E-state index in [1.54, 1.807) is 0 Å². The Balaban J connectivity index is 2.71. The van der Waals surface area contributed by atoms with Crippen LogP contribution >= 0.6 is 0 Å². The van der Waals surface area contributed by atoms with Gasteiger partial charge in [0.1, 0.15) is 6.42 Å². The Morgan fingerprint density at radius 2 is 1.75 bits per heavy atom. The molecule has 3 heteroatoms. The summed E-state index contributed by atoms with van der Waals surface area (Å²) in [6.07, 6.45) is 0.185. The Morgan fingerprint density at radius 1 is 1.25 bits per heavy atom. The first-order valence-electron chi connectivity index (χ1n) is 3.74. The minimum atomic E-state index is -0.560. The number of nitrogens with two attached hydrogens (primary N) is 1. The van der Waals surface area contributed by atoms with Crippen molar-refractivity contribution in [3.8, 4) is 0 Å². The van der Waals surface area contributed by atoms with Gasteiger partial charge < -0.3 is 10.8 Å². The Labute approximate surface area is 70.8 Å². The average Bonchev–Trinajstić information content (AvgIpc) is 2.05. The molecule has 0 saturated carbocycles. The second-order valence-corrected chi connectivity index (χ2v) is 2.62. The van der Waals surface area contributed by atoms with Gasteiger partial charge in [-0.25, -0.2) is 0 Å². The van der Waals surface area contributed by atoms with Crippen LogP contribution in [0.15, 0.2) is 24.3 Å². The predicted octanol–water partition coefficient (Wildman–Crippen LogP) is -0.0610. The second kappa shape index (κ2) is 3.88. The minimum absolute atomic E-state index is 0.185. The predicted molar refractivity (Wildman–Crippen MR) is 46.7 cm³/mol. The molecule has 0 aromatic heterocycles. The van der Waals surface area contributed by atoms with Crippen molar-refractivity contribution >= 4 is 5.97 Å². The van der Waals surface area contributed by atoms with Gasteiger partial charge in [0, 0.05) is 11.3 Å². The normalized spacial score (nSPS) is 9.75. The summed E-state index contributed by atoms with van der Waals surface area (Å²) in [6, 6.07) is 7.40. The van der Waals surface area contributed by atoms with Crippen molar-refractivity contribution in [3.05, 3.63) is 35.4 Å². The number of benzene rings is 1. The lowest BCUT2D eigenvalue weighted by molar-refractivity contribution is -0.136. The molecule has 12 heavy (non-hydrogen) atoms. The van der Waals surface area contributed by atoms with Crippen molar-refractivity contribution in [2.45, 2.75) is 13.0 Å². The summed E-state index contributed by atoms with van der Waals surface area (Å²) in [4.78, 5) is 10.4. The Hall–Kier alpha value is -1.35. The summed E-state index contributed by atoms with van der Waals surface area (Å²) in [5.74, 6) is -0.560. The highest BCUT2D eigenvalue weighted by atomic mass is 16.4. The standard InChI is InChI=1S/C9H11NO2/c10-6-8-3-1-7(2-4-8)5-9(11)12/h1-4H,5-6,10H2,(H,11,12)/p+1. The van der Waals surface area contributed by atoms with E-state index in [9.17, 15) is 4.79 Å². The fourth-order valence-corrected chi connectivity index (χ4v) is 0.979. The van der Waals surface area contributed by atoms with Crippen LogP contribution in [0.1, 0.15) is 11.1 Å². The van der Waals surface area contributed by atoms with E-state index in [4.69, 9.17) is 10.8 Å². The molecule has 1 rings (SSSR count). The molecule has 0 heterocycles. The number of hydrogen-bond acceptors (Lipinski definition) is 2. The average molecular weight is 166 g/mol. The number of carbonyl (C=O) groups is 1. The highest BCUT2D eigenvalue weighted by molar-refractivity contribution is 5.70. The van der Waals surface area contributed by atoms with Crippen molar-refractivity contribution in [1.82, 2.24) is 0 Å². The van der Waals surface area contributed by atoms with Crippen LogP contribution < -0.4 is 5.73 Å². The first-order valence-corrected chi connectivity index (χ1v) is 3.74. The molecule has 3 nitrogen and oxygen atoms in total. The molecule has 0 radical (unpaired) electrons. The number of rotatable bonds is 3.